The van der Waals surface area contributed by atoms with E-state index in [1.165, 1.54) is 30.2 Å². The molecule has 3 rings (SSSR count). The molecule has 0 spiro atoms. The number of aryl methyl sites for hydroxylation is 1. The number of para-hydroxylation sites is 1. The highest BCUT2D eigenvalue weighted by Gasteiger charge is 2.30. The predicted octanol–water partition coefficient (Wildman–Crippen LogP) is 4.19. The molecule has 0 saturated heterocycles. The second kappa shape index (κ2) is 4.77. The Morgan fingerprint density at radius 1 is 1.39 bits per heavy atom. The molecule has 96 valence electrons. The molecule has 0 bridgehead atoms. The lowest BCUT2D eigenvalue weighted by Crippen LogP contribution is -2.31. The van der Waals surface area contributed by atoms with Gasteiger partial charge in [-0.3, -0.25) is 0 Å². The molecule has 1 aromatic heterocycles. The van der Waals surface area contributed by atoms with Crippen LogP contribution in [0.25, 0.3) is 11.0 Å². The van der Waals surface area contributed by atoms with Crippen LogP contribution >= 0.6 is 0 Å². The Labute approximate surface area is 108 Å². The summed E-state index contributed by atoms with van der Waals surface area (Å²) in [6, 6.07) is 8.97. The highest BCUT2D eigenvalue weighted by Crippen LogP contribution is 2.39. The maximum absolute atomic E-state index is 6.11. The third-order valence-corrected chi connectivity index (χ3v) is 4.11. The third kappa shape index (κ3) is 1.95. The first kappa shape index (κ1) is 11.8. The lowest BCUT2D eigenvalue weighted by Gasteiger charge is -2.32. The fourth-order valence-electron chi connectivity index (χ4n) is 2.87. The molecule has 1 unspecified atom stereocenters. The smallest absolute Gasteiger partial charge is 0.137 e. The molecule has 2 heteroatoms. The number of benzene rings is 1. The van der Waals surface area contributed by atoms with Gasteiger partial charge in [-0.2, -0.15) is 0 Å². The summed E-state index contributed by atoms with van der Waals surface area (Å²) < 4.78 is 6.11. The van der Waals surface area contributed by atoms with Gasteiger partial charge in [-0.15, -0.1) is 0 Å². The van der Waals surface area contributed by atoms with Crippen molar-refractivity contribution >= 4 is 11.0 Å². The molecule has 0 amide bonds. The molecule has 1 N–H and O–H groups in total. The minimum atomic E-state index is 0.399. The number of fused-ring (bicyclic) bond motifs is 1. The zero-order valence-corrected chi connectivity index (χ0v) is 11.2. The highest BCUT2D eigenvalue weighted by atomic mass is 16.3. The van der Waals surface area contributed by atoms with Gasteiger partial charge in [0.05, 0.1) is 6.04 Å². The van der Waals surface area contributed by atoms with Crippen LogP contribution in [0.2, 0.25) is 0 Å². The molecule has 1 aliphatic carbocycles. The zero-order chi connectivity index (χ0) is 12.5. The fraction of sp³-hybridized carbons (Fsp3) is 0.500. The van der Waals surface area contributed by atoms with E-state index in [0.29, 0.717) is 6.04 Å². The van der Waals surface area contributed by atoms with Crippen molar-refractivity contribution in [2.45, 2.75) is 39.2 Å². The Morgan fingerprint density at radius 3 is 2.83 bits per heavy atom. The van der Waals surface area contributed by atoms with Gasteiger partial charge >= 0.3 is 0 Å². The van der Waals surface area contributed by atoms with Crippen molar-refractivity contribution < 1.29 is 4.42 Å². The van der Waals surface area contributed by atoms with Crippen LogP contribution in [0.3, 0.4) is 0 Å². The van der Waals surface area contributed by atoms with Gasteiger partial charge in [-0.1, -0.05) is 31.5 Å². The van der Waals surface area contributed by atoms with Gasteiger partial charge in [0.2, 0.25) is 0 Å². The second-order valence-electron chi connectivity index (χ2n) is 5.37. The molecular weight excluding hydrogens is 222 g/mol. The SMILES string of the molecule is CCNC(c1cc2cccc(C)c2o1)C1CCC1. The van der Waals surface area contributed by atoms with Gasteiger partial charge < -0.3 is 9.73 Å². The minimum absolute atomic E-state index is 0.399. The third-order valence-electron chi connectivity index (χ3n) is 4.11. The summed E-state index contributed by atoms with van der Waals surface area (Å²) in [7, 11) is 0. The molecule has 0 radical (unpaired) electrons. The van der Waals surface area contributed by atoms with E-state index in [4.69, 9.17) is 4.42 Å². The molecule has 18 heavy (non-hydrogen) atoms. The van der Waals surface area contributed by atoms with Gasteiger partial charge in [0.1, 0.15) is 11.3 Å². The Kier molecular flexibility index (Phi) is 3.13. The van der Waals surface area contributed by atoms with Crippen LogP contribution in [-0.4, -0.2) is 6.54 Å². The van der Waals surface area contributed by atoms with Crippen LogP contribution in [-0.2, 0) is 0 Å². The number of rotatable bonds is 4. The van der Waals surface area contributed by atoms with Crippen LogP contribution in [0.15, 0.2) is 28.7 Å². The first-order valence-electron chi connectivity index (χ1n) is 7.02. The summed E-state index contributed by atoms with van der Waals surface area (Å²) in [5, 5.41) is 4.82. The van der Waals surface area contributed by atoms with Gasteiger partial charge in [0.25, 0.3) is 0 Å². The summed E-state index contributed by atoms with van der Waals surface area (Å²) in [5.74, 6) is 1.87. The van der Waals surface area contributed by atoms with E-state index in [-0.39, 0.29) is 0 Å². The van der Waals surface area contributed by atoms with E-state index in [9.17, 15) is 0 Å². The summed E-state index contributed by atoms with van der Waals surface area (Å²) in [6.45, 7) is 5.28. The van der Waals surface area contributed by atoms with E-state index in [0.717, 1.165) is 23.8 Å². The normalized spacial score (nSPS) is 17.9. The van der Waals surface area contributed by atoms with Crippen LogP contribution in [0.5, 0.6) is 0 Å². The molecule has 1 fully saturated rings. The summed E-state index contributed by atoms with van der Waals surface area (Å²) >= 11 is 0. The molecule has 1 saturated carbocycles. The maximum Gasteiger partial charge on any atom is 0.137 e. The lowest BCUT2D eigenvalue weighted by molar-refractivity contribution is 0.212. The molecule has 1 aliphatic rings. The average molecular weight is 243 g/mol. The number of hydrogen-bond acceptors (Lipinski definition) is 2. The van der Waals surface area contributed by atoms with Crippen molar-refractivity contribution in [2.24, 2.45) is 5.92 Å². The van der Waals surface area contributed by atoms with Crippen molar-refractivity contribution in [3.05, 3.63) is 35.6 Å². The van der Waals surface area contributed by atoms with E-state index >= 15 is 0 Å². The van der Waals surface area contributed by atoms with Gasteiger partial charge in [0, 0.05) is 5.39 Å². The Balaban J connectivity index is 1.98. The van der Waals surface area contributed by atoms with Gasteiger partial charge in [0.15, 0.2) is 0 Å². The lowest BCUT2D eigenvalue weighted by atomic mass is 9.79. The van der Waals surface area contributed by atoms with E-state index in [2.05, 4.69) is 43.4 Å². The largest absolute Gasteiger partial charge is 0.459 e. The summed E-state index contributed by atoms with van der Waals surface area (Å²) in [4.78, 5) is 0. The van der Waals surface area contributed by atoms with E-state index in [1.54, 1.807) is 0 Å². The molecule has 1 aromatic carbocycles. The molecule has 2 nitrogen and oxygen atoms in total. The molecule has 2 aromatic rings. The molecule has 1 atom stereocenters. The molecular formula is C16H21NO. The monoisotopic (exact) mass is 243 g/mol. The first-order chi connectivity index (χ1) is 8.79. The van der Waals surface area contributed by atoms with Crippen LogP contribution in [0.1, 0.15) is 43.6 Å². The van der Waals surface area contributed by atoms with Crippen LogP contribution in [0, 0.1) is 12.8 Å². The van der Waals surface area contributed by atoms with Crippen LogP contribution < -0.4 is 5.32 Å². The van der Waals surface area contributed by atoms with Crippen molar-refractivity contribution in [1.82, 2.24) is 5.32 Å². The second-order valence-corrected chi connectivity index (χ2v) is 5.37. The highest BCUT2D eigenvalue weighted by molar-refractivity contribution is 5.81. The Morgan fingerprint density at radius 2 is 2.22 bits per heavy atom. The van der Waals surface area contributed by atoms with Crippen molar-refractivity contribution in [3.8, 4) is 0 Å². The standard InChI is InChI=1S/C16H21NO/c1-3-17-15(12-7-5-8-12)14-10-13-9-4-6-11(2)16(13)18-14/h4,6,9-10,12,15,17H,3,5,7-8H2,1-2H3. The fourth-order valence-corrected chi connectivity index (χ4v) is 2.87. The molecule has 0 aliphatic heterocycles. The topological polar surface area (TPSA) is 25.2 Å². The number of hydrogen-bond donors (Lipinski definition) is 1. The van der Waals surface area contributed by atoms with Crippen molar-refractivity contribution in [1.29, 1.82) is 0 Å². The first-order valence-corrected chi connectivity index (χ1v) is 7.02. The zero-order valence-electron chi connectivity index (χ0n) is 11.2. The maximum atomic E-state index is 6.11. The van der Waals surface area contributed by atoms with E-state index < -0.39 is 0 Å². The Bertz CT molecular complexity index is 539. The minimum Gasteiger partial charge on any atom is -0.459 e. The summed E-state index contributed by atoms with van der Waals surface area (Å²) in [5.41, 5.74) is 2.28. The summed E-state index contributed by atoms with van der Waals surface area (Å²) in [6.07, 6.45) is 4.02. The van der Waals surface area contributed by atoms with Crippen molar-refractivity contribution in [2.75, 3.05) is 6.54 Å². The van der Waals surface area contributed by atoms with Crippen molar-refractivity contribution in [3.63, 3.8) is 0 Å². The average Bonchev–Trinajstić information content (AvgIpc) is 2.71. The number of furan rings is 1. The van der Waals surface area contributed by atoms with Gasteiger partial charge in [-0.05, 0) is 43.9 Å². The Hall–Kier alpha value is -1.28. The molecule has 1 heterocycles. The van der Waals surface area contributed by atoms with Crippen LogP contribution in [0.4, 0.5) is 0 Å². The van der Waals surface area contributed by atoms with Gasteiger partial charge in [-0.25, -0.2) is 0 Å². The van der Waals surface area contributed by atoms with E-state index in [1.807, 2.05) is 0 Å². The number of nitrogens with one attached hydrogen (secondary N) is 1. The predicted molar refractivity (Wildman–Crippen MR) is 74.7 cm³/mol. The quantitative estimate of drug-likeness (QED) is 0.871.